The third kappa shape index (κ3) is 8.01. The number of nitrogens with zero attached hydrogens (tertiary/aromatic N) is 1. The first-order valence-electron chi connectivity index (χ1n) is 13.8. The van der Waals surface area contributed by atoms with Crippen molar-refractivity contribution in [2.75, 3.05) is 24.0 Å². The van der Waals surface area contributed by atoms with Gasteiger partial charge in [0.25, 0.3) is 5.91 Å². The van der Waals surface area contributed by atoms with Gasteiger partial charge < -0.3 is 15.0 Å². The van der Waals surface area contributed by atoms with Gasteiger partial charge >= 0.3 is 5.97 Å². The number of nitrogens with one attached hydrogen (secondary N) is 1. The molecule has 1 atom stereocenters. The zero-order valence-corrected chi connectivity index (χ0v) is 25.0. The van der Waals surface area contributed by atoms with E-state index in [1.54, 1.807) is 11.8 Å². The summed E-state index contributed by atoms with van der Waals surface area (Å²) in [5.41, 5.74) is 8.12. The molecule has 6 heteroatoms. The lowest BCUT2D eigenvalue weighted by molar-refractivity contribution is -0.142. The van der Waals surface area contributed by atoms with E-state index in [0.29, 0.717) is 18.5 Å². The van der Waals surface area contributed by atoms with Crippen molar-refractivity contribution in [3.8, 4) is 11.1 Å². The largest absolute Gasteiger partial charge is 0.467 e. The third-order valence-corrected chi connectivity index (χ3v) is 7.80. The second-order valence-corrected chi connectivity index (χ2v) is 11.2. The van der Waals surface area contributed by atoms with Gasteiger partial charge in [-0.1, -0.05) is 78.4 Å². The molecular weight excluding hydrogens is 528 g/mol. The predicted octanol–water partition coefficient (Wildman–Crippen LogP) is 7.20. The quantitative estimate of drug-likeness (QED) is 0.184. The van der Waals surface area contributed by atoms with Gasteiger partial charge in [0, 0.05) is 24.3 Å². The molecule has 0 bridgehead atoms. The van der Waals surface area contributed by atoms with Crippen LogP contribution >= 0.6 is 11.8 Å². The molecule has 0 saturated heterocycles. The highest BCUT2D eigenvalue weighted by Crippen LogP contribution is 2.30. The SMILES string of the molecule is COC(=O)C(CCSC)NC(=O)c1ccc(CN(Cc2ccc(C)cc2)c2ccccc2)cc1-c1ccccc1C. The molecule has 0 aromatic heterocycles. The van der Waals surface area contributed by atoms with E-state index in [-0.39, 0.29) is 5.91 Å². The normalized spacial score (nSPS) is 11.5. The fourth-order valence-corrected chi connectivity index (χ4v) is 5.33. The van der Waals surface area contributed by atoms with Crippen molar-refractivity contribution in [1.29, 1.82) is 0 Å². The molecule has 4 aromatic carbocycles. The maximum atomic E-state index is 13.6. The van der Waals surface area contributed by atoms with E-state index in [0.717, 1.165) is 40.2 Å². The van der Waals surface area contributed by atoms with Gasteiger partial charge in [-0.05, 0) is 84.4 Å². The Bertz CT molecular complexity index is 1450. The van der Waals surface area contributed by atoms with Crippen molar-refractivity contribution in [3.05, 3.63) is 125 Å². The van der Waals surface area contributed by atoms with Gasteiger partial charge in [-0.25, -0.2) is 4.79 Å². The number of hydrogen-bond acceptors (Lipinski definition) is 5. The van der Waals surface area contributed by atoms with Crippen LogP contribution in [-0.4, -0.2) is 37.0 Å². The Hall–Kier alpha value is -4.03. The highest BCUT2D eigenvalue weighted by Gasteiger charge is 2.24. The summed E-state index contributed by atoms with van der Waals surface area (Å²) >= 11 is 1.63. The lowest BCUT2D eigenvalue weighted by atomic mass is 9.93. The van der Waals surface area contributed by atoms with Gasteiger partial charge in [-0.2, -0.15) is 11.8 Å². The van der Waals surface area contributed by atoms with Crippen LogP contribution in [0.5, 0.6) is 0 Å². The number of anilines is 1. The predicted molar refractivity (Wildman–Crippen MR) is 170 cm³/mol. The Labute approximate surface area is 247 Å². The van der Waals surface area contributed by atoms with Crippen LogP contribution < -0.4 is 10.2 Å². The molecule has 0 spiro atoms. The van der Waals surface area contributed by atoms with Crippen molar-refractivity contribution in [2.24, 2.45) is 0 Å². The van der Waals surface area contributed by atoms with Crippen LogP contribution in [0.1, 0.15) is 39.0 Å². The lowest BCUT2D eigenvalue weighted by Gasteiger charge is -2.26. The Morgan fingerprint density at radius 1 is 0.829 bits per heavy atom. The molecule has 1 amide bonds. The van der Waals surface area contributed by atoms with E-state index in [9.17, 15) is 9.59 Å². The molecular formula is C35H38N2O3S. The number of carbonyl (C=O) groups is 2. The fourth-order valence-electron chi connectivity index (χ4n) is 4.86. The van der Waals surface area contributed by atoms with E-state index in [1.807, 2.05) is 55.6 Å². The van der Waals surface area contributed by atoms with Crippen LogP contribution in [0.15, 0.2) is 97.1 Å². The molecule has 0 aliphatic rings. The summed E-state index contributed by atoms with van der Waals surface area (Å²) in [6, 6.07) is 32.4. The van der Waals surface area contributed by atoms with Crippen LogP contribution in [0.2, 0.25) is 0 Å². The summed E-state index contributed by atoms with van der Waals surface area (Å²) in [5.74, 6) is 0.0156. The average molecular weight is 567 g/mol. The number of carbonyl (C=O) groups excluding carboxylic acids is 2. The molecule has 0 aliphatic carbocycles. The molecule has 1 N–H and O–H groups in total. The number of esters is 1. The standard InChI is InChI=1S/C35H38N2O3S/c1-25-14-16-27(17-15-25)23-37(29-11-6-5-7-12-29)24-28-18-19-31(32(22-28)30-13-9-8-10-26(30)2)34(38)36-33(20-21-41-4)35(39)40-3/h5-19,22,33H,20-21,23-24H2,1-4H3,(H,36,38). The third-order valence-electron chi connectivity index (χ3n) is 7.15. The van der Waals surface area contributed by atoms with E-state index < -0.39 is 12.0 Å². The summed E-state index contributed by atoms with van der Waals surface area (Å²) in [7, 11) is 1.35. The summed E-state index contributed by atoms with van der Waals surface area (Å²) in [6.45, 7) is 5.56. The minimum absolute atomic E-state index is 0.286. The smallest absolute Gasteiger partial charge is 0.328 e. The van der Waals surface area contributed by atoms with Crippen LogP contribution in [0, 0.1) is 13.8 Å². The lowest BCUT2D eigenvalue weighted by Crippen LogP contribution is -2.42. The number of para-hydroxylation sites is 1. The molecule has 0 radical (unpaired) electrons. The van der Waals surface area contributed by atoms with Crippen molar-refractivity contribution in [1.82, 2.24) is 5.32 Å². The molecule has 0 aliphatic heterocycles. The van der Waals surface area contributed by atoms with Crippen LogP contribution in [0.4, 0.5) is 5.69 Å². The molecule has 4 rings (SSSR count). The van der Waals surface area contributed by atoms with Gasteiger partial charge in [0.1, 0.15) is 6.04 Å². The highest BCUT2D eigenvalue weighted by atomic mass is 32.2. The highest BCUT2D eigenvalue weighted by molar-refractivity contribution is 7.98. The minimum atomic E-state index is -0.701. The van der Waals surface area contributed by atoms with Crippen LogP contribution in [0.25, 0.3) is 11.1 Å². The maximum absolute atomic E-state index is 13.6. The van der Waals surface area contributed by atoms with Crippen molar-refractivity contribution < 1.29 is 14.3 Å². The van der Waals surface area contributed by atoms with Gasteiger partial charge in [0.2, 0.25) is 0 Å². The second-order valence-electron chi connectivity index (χ2n) is 10.2. The Kier molecular flexibility index (Phi) is 10.6. The van der Waals surface area contributed by atoms with E-state index >= 15 is 0 Å². The number of rotatable bonds is 12. The van der Waals surface area contributed by atoms with E-state index in [2.05, 4.69) is 71.7 Å². The van der Waals surface area contributed by atoms with Crippen LogP contribution in [-0.2, 0) is 22.6 Å². The summed E-state index contributed by atoms with van der Waals surface area (Å²) in [6.07, 6.45) is 2.48. The maximum Gasteiger partial charge on any atom is 0.328 e. The number of benzene rings is 4. The molecule has 0 fully saturated rings. The zero-order valence-electron chi connectivity index (χ0n) is 24.2. The first-order valence-corrected chi connectivity index (χ1v) is 15.2. The number of ether oxygens (including phenoxy) is 1. The summed E-state index contributed by atoms with van der Waals surface area (Å²) < 4.78 is 4.97. The van der Waals surface area contributed by atoms with Gasteiger partial charge in [0.05, 0.1) is 7.11 Å². The number of hydrogen-bond donors (Lipinski definition) is 1. The Morgan fingerprint density at radius 3 is 2.17 bits per heavy atom. The Balaban J connectivity index is 1.70. The number of thioether (sulfide) groups is 1. The first kappa shape index (κ1) is 29.9. The zero-order chi connectivity index (χ0) is 29.2. The summed E-state index contributed by atoms with van der Waals surface area (Å²) in [5, 5.41) is 2.93. The Morgan fingerprint density at radius 2 is 1.49 bits per heavy atom. The molecule has 41 heavy (non-hydrogen) atoms. The topological polar surface area (TPSA) is 58.6 Å². The molecule has 0 heterocycles. The van der Waals surface area contributed by atoms with Gasteiger partial charge in [-0.15, -0.1) is 0 Å². The number of aryl methyl sites for hydroxylation is 2. The van der Waals surface area contributed by atoms with Gasteiger partial charge in [-0.3, -0.25) is 4.79 Å². The monoisotopic (exact) mass is 566 g/mol. The number of amides is 1. The van der Waals surface area contributed by atoms with E-state index in [4.69, 9.17) is 4.74 Å². The van der Waals surface area contributed by atoms with E-state index in [1.165, 1.54) is 18.2 Å². The molecule has 5 nitrogen and oxygen atoms in total. The van der Waals surface area contributed by atoms with Crippen molar-refractivity contribution in [3.63, 3.8) is 0 Å². The average Bonchev–Trinajstić information content (AvgIpc) is 3.00. The van der Waals surface area contributed by atoms with Crippen LogP contribution in [0.3, 0.4) is 0 Å². The minimum Gasteiger partial charge on any atom is -0.467 e. The molecule has 212 valence electrons. The van der Waals surface area contributed by atoms with Gasteiger partial charge in [0.15, 0.2) is 0 Å². The molecule has 4 aromatic rings. The molecule has 1 unspecified atom stereocenters. The first-order chi connectivity index (χ1) is 19.9. The summed E-state index contributed by atoms with van der Waals surface area (Å²) in [4.78, 5) is 28.4. The molecule has 0 saturated carbocycles. The fraction of sp³-hybridized carbons (Fsp3) is 0.257. The second kappa shape index (κ2) is 14.6. The van der Waals surface area contributed by atoms with Crippen molar-refractivity contribution >= 4 is 29.3 Å². The van der Waals surface area contributed by atoms with Crippen molar-refractivity contribution in [2.45, 2.75) is 39.4 Å². The number of methoxy groups -OCH3 is 1.